The van der Waals surface area contributed by atoms with Gasteiger partial charge in [-0.05, 0) is 69.1 Å². The molecule has 1 fully saturated rings. The largest absolute Gasteiger partial charge is 0.508 e. The number of phenols is 1. The Morgan fingerprint density at radius 1 is 1.23 bits per heavy atom. The second kappa shape index (κ2) is 9.23. The predicted octanol–water partition coefficient (Wildman–Crippen LogP) is 5.24. The molecule has 0 amide bonds. The third kappa shape index (κ3) is 5.43. The summed E-state index contributed by atoms with van der Waals surface area (Å²) in [6, 6.07) is 3.96. The Morgan fingerprint density at radius 2 is 1.94 bits per heavy atom. The topological polar surface area (TPSA) is 102 Å². The Morgan fingerprint density at radius 3 is 2.65 bits per heavy atom. The van der Waals surface area contributed by atoms with E-state index in [1.165, 1.54) is 0 Å². The summed E-state index contributed by atoms with van der Waals surface area (Å²) in [5, 5.41) is 30.7. The van der Waals surface area contributed by atoms with Crippen molar-refractivity contribution in [1.82, 2.24) is 0 Å². The van der Waals surface area contributed by atoms with E-state index < -0.39 is 5.09 Å². The number of fused-ring (bicyclic) bond motifs is 3. The highest BCUT2D eigenvalue weighted by Gasteiger charge is 2.47. The molecule has 0 aromatic heterocycles. The van der Waals surface area contributed by atoms with E-state index in [0.717, 1.165) is 55.4 Å². The number of nitrogens with zero attached hydrogens (tertiary/aromatic N) is 1. The summed E-state index contributed by atoms with van der Waals surface area (Å²) in [5.41, 5.74) is 1.43. The summed E-state index contributed by atoms with van der Waals surface area (Å²) in [7, 11) is 0. The molecular formula is C24H37NO6. The average molecular weight is 436 g/mol. The Balaban J connectivity index is 1.69. The third-order valence-corrected chi connectivity index (χ3v) is 7.25. The minimum atomic E-state index is -0.745. The SMILES string of the molecule is CC(C)(CCCCCCO[N+](=O)[O-])c1cc(O)c2c(c1)OC(C)(C)[C@@H]1CCC(O)C[C@@H]21. The lowest BCUT2D eigenvalue weighted by molar-refractivity contribution is -0.757. The van der Waals surface area contributed by atoms with Crippen molar-refractivity contribution in [2.75, 3.05) is 6.61 Å². The minimum Gasteiger partial charge on any atom is -0.508 e. The van der Waals surface area contributed by atoms with E-state index >= 15 is 0 Å². The molecule has 7 nitrogen and oxygen atoms in total. The van der Waals surface area contributed by atoms with Gasteiger partial charge in [-0.3, -0.25) is 0 Å². The number of phenolic OH excluding ortho intramolecular Hbond substituents is 1. The average Bonchev–Trinajstić information content (AvgIpc) is 2.65. The maximum absolute atomic E-state index is 11.0. The van der Waals surface area contributed by atoms with Gasteiger partial charge in [0.2, 0.25) is 0 Å². The third-order valence-electron chi connectivity index (χ3n) is 7.25. The predicted molar refractivity (Wildman–Crippen MR) is 118 cm³/mol. The molecule has 2 aliphatic rings. The molecule has 2 N–H and O–H groups in total. The number of hydrogen-bond acceptors (Lipinski definition) is 6. The highest BCUT2D eigenvalue weighted by atomic mass is 16.9. The van der Waals surface area contributed by atoms with Crippen molar-refractivity contribution in [1.29, 1.82) is 0 Å². The van der Waals surface area contributed by atoms with Crippen LogP contribution >= 0.6 is 0 Å². The lowest BCUT2D eigenvalue weighted by Gasteiger charge is -2.48. The molecule has 3 atom stereocenters. The number of benzene rings is 1. The zero-order valence-electron chi connectivity index (χ0n) is 19.2. The van der Waals surface area contributed by atoms with E-state index in [4.69, 9.17) is 4.74 Å². The lowest BCUT2D eigenvalue weighted by Crippen LogP contribution is -2.47. The van der Waals surface area contributed by atoms with Gasteiger partial charge in [-0.15, -0.1) is 10.1 Å². The summed E-state index contributed by atoms with van der Waals surface area (Å²) in [5.74, 6) is 1.42. The van der Waals surface area contributed by atoms with Crippen LogP contribution in [0.15, 0.2) is 12.1 Å². The number of aliphatic hydroxyl groups is 1. The maximum Gasteiger partial charge on any atom is 0.294 e. The number of aromatic hydroxyl groups is 1. The van der Waals surface area contributed by atoms with Gasteiger partial charge in [0.15, 0.2) is 0 Å². The zero-order chi connectivity index (χ0) is 22.8. The summed E-state index contributed by atoms with van der Waals surface area (Å²) >= 11 is 0. The van der Waals surface area contributed by atoms with Crippen LogP contribution in [0.5, 0.6) is 11.5 Å². The van der Waals surface area contributed by atoms with Crippen molar-refractivity contribution in [2.24, 2.45) is 5.92 Å². The second-order valence-electron chi connectivity index (χ2n) is 10.4. The van der Waals surface area contributed by atoms with Crippen molar-refractivity contribution in [3.63, 3.8) is 0 Å². The van der Waals surface area contributed by atoms with E-state index in [0.29, 0.717) is 12.8 Å². The van der Waals surface area contributed by atoms with Gasteiger partial charge >= 0.3 is 0 Å². The fourth-order valence-electron chi connectivity index (χ4n) is 5.42. The molecule has 1 aromatic carbocycles. The van der Waals surface area contributed by atoms with Crippen LogP contribution in [0, 0.1) is 16.0 Å². The van der Waals surface area contributed by atoms with E-state index in [9.17, 15) is 20.3 Å². The Hall–Kier alpha value is -2.02. The fraction of sp³-hybridized carbons (Fsp3) is 0.750. The van der Waals surface area contributed by atoms with Crippen LogP contribution in [-0.4, -0.2) is 33.6 Å². The van der Waals surface area contributed by atoms with Crippen molar-refractivity contribution in [3.05, 3.63) is 33.4 Å². The van der Waals surface area contributed by atoms with Crippen LogP contribution in [0.1, 0.15) is 96.1 Å². The lowest BCUT2D eigenvalue weighted by atomic mass is 9.65. The first-order valence-electron chi connectivity index (χ1n) is 11.5. The van der Waals surface area contributed by atoms with Gasteiger partial charge in [-0.1, -0.05) is 33.1 Å². The molecule has 0 radical (unpaired) electrons. The molecule has 1 aromatic rings. The first-order chi connectivity index (χ1) is 14.5. The number of aliphatic hydroxyl groups excluding tert-OH is 1. The van der Waals surface area contributed by atoms with Gasteiger partial charge in [0.25, 0.3) is 5.09 Å². The summed E-state index contributed by atoms with van der Waals surface area (Å²) in [4.78, 5) is 14.5. The van der Waals surface area contributed by atoms with Crippen LogP contribution in [0.4, 0.5) is 0 Å². The number of unbranched alkanes of at least 4 members (excludes halogenated alkanes) is 3. The highest BCUT2D eigenvalue weighted by Crippen LogP contribution is 2.55. The van der Waals surface area contributed by atoms with Gasteiger partial charge in [0, 0.05) is 17.4 Å². The van der Waals surface area contributed by atoms with Gasteiger partial charge in [-0.2, -0.15) is 0 Å². The number of hydrogen-bond donors (Lipinski definition) is 2. The molecule has 1 unspecified atom stereocenters. The summed E-state index contributed by atoms with van der Waals surface area (Å²) in [6.07, 6.45) is 6.51. The zero-order valence-corrected chi connectivity index (χ0v) is 19.2. The first kappa shape index (κ1) is 23.6. The number of ether oxygens (including phenoxy) is 1. The molecule has 174 valence electrons. The monoisotopic (exact) mass is 435 g/mol. The van der Waals surface area contributed by atoms with Crippen LogP contribution < -0.4 is 4.74 Å². The van der Waals surface area contributed by atoms with Crippen molar-refractivity contribution >= 4 is 0 Å². The number of rotatable bonds is 9. The van der Waals surface area contributed by atoms with E-state index in [1.54, 1.807) is 0 Å². The summed E-state index contributed by atoms with van der Waals surface area (Å²) in [6.45, 7) is 8.72. The molecule has 3 rings (SSSR count). The van der Waals surface area contributed by atoms with Crippen molar-refractivity contribution in [3.8, 4) is 11.5 Å². The van der Waals surface area contributed by atoms with Gasteiger partial charge in [0.1, 0.15) is 17.1 Å². The highest BCUT2D eigenvalue weighted by molar-refractivity contribution is 5.53. The molecule has 0 bridgehead atoms. The minimum absolute atomic E-state index is 0.112. The summed E-state index contributed by atoms with van der Waals surface area (Å²) < 4.78 is 6.42. The van der Waals surface area contributed by atoms with Crippen LogP contribution in [-0.2, 0) is 10.3 Å². The van der Waals surface area contributed by atoms with Crippen LogP contribution in [0.25, 0.3) is 0 Å². The van der Waals surface area contributed by atoms with E-state index in [1.807, 2.05) is 6.07 Å². The molecule has 1 aliphatic carbocycles. The Bertz CT molecular complexity index is 791. The molecular weight excluding hydrogens is 398 g/mol. The van der Waals surface area contributed by atoms with Gasteiger partial charge in [0.05, 0.1) is 12.7 Å². The molecule has 1 saturated carbocycles. The van der Waals surface area contributed by atoms with Crippen molar-refractivity contribution < 1.29 is 24.9 Å². The van der Waals surface area contributed by atoms with Gasteiger partial charge in [-0.25, -0.2) is 0 Å². The fourth-order valence-corrected chi connectivity index (χ4v) is 5.42. The Kier molecular flexibility index (Phi) is 7.04. The van der Waals surface area contributed by atoms with Crippen molar-refractivity contribution in [2.45, 2.75) is 102 Å². The molecule has 7 heteroatoms. The normalized spacial score (nSPS) is 24.6. The smallest absolute Gasteiger partial charge is 0.294 e. The Labute approximate surface area is 184 Å². The van der Waals surface area contributed by atoms with Crippen LogP contribution in [0.3, 0.4) is 0 Å². The second-order valence-corrected chi connectivity index (χ2v) is 10.4. The molecule has 31 heavy (non-hydrogen) atoms. The van der Waals surface area contributed by atoms with Gasteiger partial charge < -0.3 is 19.8 Å². The molecule has 0 spiro atoms. The first-order valence-corrected chi connectivity index (χ1v) is 11.5. The standard InChI is InChI=1S/C24H37NO6/c1-23(2,11-7-5-6-8-12-30-25(28)29)16-13-20(27)22-18-15-17(26)9-10-19(18)24(3,4)31-21(22)14-16/h13-14,17-19,26-27H,5-12,15H2,1-4H3/t17?,18-,19-/m1/s1. The molecule has 0 saturated heterocycles. The van der Waals surface area contributed by atoms with E-state index in [-0.39, 0.29) is 41.3 Å². The quantitative estimate of drug-likeness (QED) is 0.312. The molecule has 1 aliphatic heterocycles. The van der Waals surface area contributed by atoms with Crippen LogP contribution in [0.2, 0.25) is 0 Å². The maximum atomic E-state index is 11.0. The van der Waals surface area contributed by atoms with E-state index in [2.05, 4.69) is 38.6 Å². The molecule has 1 heterocycles.